The molecule has 0 heterocycles. The van der Waals surface area contributed by atoms with Crippen molar-refractivity contribution in [2.75, 3.05) is 0 Å². The van der Waals surface area contributed by atoms with Gasteiger partial charge in [0.1, 0.15) is 0 Å². The molecule has 0 rings (SSSR count). The van der Waals surface area contributed by atoms with Crippen LogP contribution in [0, 0.1) is 18.8 Å². The van der Waals surface area contributed by atoms with Gasteiger partial charge in [-0.2, -0.15) is 0 Å². The zero-order chi connectivity index (χ0) is 11.5. The molecule has 0 amide bonds. The van der Waals surface area contributed by atoms with Gasteiger partial charge in [-0.1, -0.05) is 85.5 Å². The molecule has 0 N–H and O–H groups in total. The third kappa shape index (κ3) is 10.3. The molecule has 0 aromatic heterocycles. The molecule has 0 aliphatic rings. The van der Waals surface area contributed by atoms with Gasteiger partial charge >= 0.3 is 0 Å². The fraction of sp³-hybridized carbons (Fsp3) is 0.933. The Bertz CT molecular complexity index is 117. The lowest BCUT2D eigenvalue weighted by Gasteiger charge is -2.14. The lowest BCUT2D eigenvalue weighted by Crippen LogP contribution is -1.99. The number of unbranched alkanes of at least 4 members (excludes halogenated alkanes) is 4. The monoisotopic (exact) mass is 211 g/mol. The first kappa shape index (κ1) is 15.0. The molecule has 0 spiro atoms. The van der Waals surface area contributed by atoms with Crippen LogP contribution in [0.3, 0.4) is 0 Å². The van der Waals surface area contributed by atoms with Gasteiger partial charge in [-0.3, -0.25) is 0 Å². The van der Waals surface area contributed by atoms with E-state index in [1.807, 2.05) is 0 Å². The van der Waals surface area contributed by atoms with Gasteiger partial charge in [-0.15, -0.1) is 0 Å². The Morgan fingerprint density at radius 3 is 2.00 bits per heavy atom. The Labute approximate surface area is 97.8 Å². The van der Waals surface area contributed by atoms with E-state index in [2.05, 4.69) is 27.7 Å². The van der Waals surface area contributed by atoms with Crippen LogP contribution >= 0.6 is 0 Å². The minimum Gasteiger partial charge on any atom is -0.0654 e. The highest BCUT2D eigenvalue weighted by Crippen LogP contribution is 2.19. The second kappa shape index (κ2) is 10.5. The predicted molar refractivity (Wildman–Crippen MR) is 70.9 cm³/mol. The van der Waals surface area contributed by atoms with Crippen molar-refractivity contribution >= 4 is 0 Å². The van der Waals surface area contributed by atoms with Gasteiger partial charge < -0.3 is 0 Å². The van der Waals surface area contributed by atoms with Crippen LogP contribution in [0.2, 0.25) is 0 Å². The van der Waals surface area contributed by atoms with Gasteiger partial charge in [0.25, 0.3) is 0 Å². The van der Waals surface area contributed by atoms with E-state index in [1.54, 1.807) is 0 Å². The van der Waals surface area contributed by atoms with Crippen molar-refractivity contribution in [3.05, 3.63) is 6.92 Å². The van der Waals surface area contributed by atoms with Crippen molar-refractivity contribution in [3.8, 4) is 0 Å². The molecule has 0 aliphatic heterocycles. The van der Waals surface area contributed by atoms with E-state index in [1.165, 1.54) is 51.4 Å². The zero-order valence-electron chi connectivity index (χ0n) is 11.2. The van der Waals surface area contributed by atoms with Crippen LogP contribution in [0.5, 0.6) is 0 Å². The quantitative estimate of drug-likeness (QED) is 0.411. The molecule has 2 unspecified atom stereocenters. The van der Waals surface area contributed by atoms with E-state index in [9.17, 15) is 0 Å². The minimum atomic E-state index is 0.826. The van der Waals surface area contributed by atoms with Crippen LogP contribution in [-0.2, 0) is 0 Å². The summed E-state index contributed by atoms with van der Waals surface area (Å²) in [6.07, 6.45) is 12.4. The standard InChI is InChI=1S/C15H31/c1-5-7-8-9-10-11-15(4)13-12-14(3)6-2/h14-15H,2,5-13H2,1,3-4H3. The molecule has 0 fully saturated rings. The minimum absolute atomic E-state index is 0.826. The highest BCUT2D eigenvalue weighted by atomic mass is 14.1. The highest BCUT2D eigenvalue weighted by molar-refractivity contribution is 4.59. The molecule has 0 aromatic rings. The molecule has 15 heavy (non-hydrogen) atoms. The Kier molecular flexibility index (Phi) is 10.5. The van der Waals surface area contributed by atoms with E-state index < -0.39 is 0 Å². The van der Waals surface area contributed by atoms with Crippen LogP contribution < -0.4 is 0 Å². The maximum absolute atomic E-state index is 3.96. The first-order valence-electron chi connectivity index (χ1n) is 6.99. The summed E-state index contributed by atoms with van der Waals surface area (Å²) in [5, 5.41) is 0. The molecule has 0 heteroatoms. The highest BCUT2D eigenvalue weighted by Gasteiger charge is 2.05. The van der Waals surface area contributed by atoms with Crippen molar-refractivity contribution in [1.29, 1.82) is 0 Å². The second-order valence-electron chi connectivity index (χ2n) is 5.28. The van der Waals surface area contributed by atoms with E-state index in [-0.39, 0.29) is 0 Å². The average molecular weight is 211 g/mol. The van der Waals surface area contributed by atoms with Gasteiger partial charge in [-0.25, -0.2) is 0 Å². The largest absolute Gasteiger partial charge is 0.0654 e. The molecule has 0 saturated heterocycles. The maximum Gasteiger partial charge on any atom is -0.0443 e. The molecule has 1 radical (unpaired) electrons. The third-order valence-corrected chi connectivity index (χ3v) is 3.45. The molecule has 0 saturated carbocycles. The van der Waals surface area contributed by atoms with Crippen LogP contribution in [0.1, 0.15) is 78.6 Å². The summed E-state index contributed by atoms with van der Waals surface area (Å²) in [5.74, 6) is 1.76. The summed E-state index contributed by atoms with van der Waals surface area (Å²) in [6, 6.07) is 0. The van der Waals surface area contributed by atoms with Crippen LogP contribution in [-0.4, -0.2) is 0 Å². The molecule has 2 atom stereocenters. The van der Waals surface area contributed by atoms with Gasteiger partial charge in [-0.05, 0) is 11.8 Å². The van der Waals surface area contributed by atoms with E-state index in [0.29, 0.717) is 0 Å². The maximum atomic E-state index is 3.96. The van der Waals surface area contributed by atoms with Gasteiger partial charge in [0.2, 0.25) is 0 Å². The van der Waals surface area contributed by atoms with Gasteiger partial charge in [0.15, 0.2) is 0 Å². The molecule has 91 valence electrons. The summed E-state index contributed by atoms with van der Waals surface area (Å²) in [6.45, 7) is 11.0. The summed E-state index contributed by atoms with van der Waals surface area (Å²) < 4.78 is 0. The summed E-state index contributed by atoms with van der Waals surface area (Å²) in [7, 11) is 0. The number of hydrogen-bond donors (Lipinski definition) is 0. The first-order valence-corrected chi connectivity index (χ1v) is 6.99. The van der Waals surface area contributed by atoms with Gasteiger partial charge in [0, 0.05) is 0 Å². The Hall–Kier alpha value is 0. The lowest BCUT2D eigenvalue weighted by atomic mass is 9.93. The van der Waals surface area contributed by atoms with Gasteiger partial charge in [0.05, 0.1) is 0 Å². The van der Waals surface area contributed by atoms with E-state index >= 15 is 0 Å². The van der Waals surface area contributed by atoms with Crippen molar-refractivity contribution in [1.82, 2.24) is 0 Å². The van der Waals surface area contributed by atoms with Crippen LogP contribution in [0.4, 0.5) is 0 Å². The van der Waals surface area contributed by atoms with Crippen molar-refractivity contribution in [2.24, 2.45) is 11.8 Å². The molecule has 0 aromatic carbocycles. The molecule has 0 aliphatic carbocycles. The first-order chi connectivity index (χ1) is 7.20. The number of hydrogen-bond acceptors (Lipinski definition) is 0. The third-order valence-electron chi connectivity index (χ3n) is 3.45. The SMILES string of the molecule is [CH2]CC(C)CCC(C)CCCCCCC. The number of rotatable bonds is 10. The van der Waals surface area contributed by atoms with Crippen LogP contribution in [0.25, 0.3) is 0 Å². The molecule has 0 nitrogen and oxygen atoms in total. The normalized spacial score (nSPS) is 15.2. The van der Waals surface area contributed by atoms with Crippen LogP contribution in [0.15, 0.2) is 0 Å². The molecule has 0 bridgehead atoms. The average Bonchev–Trinajstić information content (AvgIpc) is 2.25. The summed E-state index contributed by atoms with van der Waals surface area (Å²) in [5.41, 5.74) is 0. The topological polar surface area (TPSA) is 0 Å². The fourth-order valence-electron chi connectivity index (χ4n) is 1.95. The fourth-order valence-corrected chi connectivity index (χ4v) is 1.95. The van der Waals surface area contributed by atoms with E-state index in [0.717, 1.165) is 18.3 Å². The lowest BCUT2D eigenvalue weighted by molar-refractivity contribution is 0.399. The summed E-state index contributed by atoms with van der Waals surface area (Å²) >= 11 is 0. The molecular formula is C15H31. The summed E-state index contributed by atoms with van der Waals surface area (Å²) in [4.78, 5) is 0. The smallest absolute Gasteiger partial charge is 0.0443 e. The Morgan fingerprint density at radius 2 is 1.40 bits per heavy atom. The predicted octanol–water partition coefficient (Wildman–Crippen LogP) is 5.62. The van der Waals surface area contributed by atoms with Crippen molar-refractivity contribution in [2.45, 2.75) is 78.6 Å². The zero-order valence-corrected chi connectivity index (χ0v) is 11.2. The van der Waals surface area contributed by atoms with Crippen molar-refractivity contribution in [3.63, 3.8) is 0 Å². The van der Waals surface area contributed by atoms with Crippen molar-refractivity contribution < 1.29 is 0 Å². The molecular weight excluding hydrogens is 180 g/mol. The Balaban J connectivity index is 3.21. The Morgan fingerprint density at radius 1 is 0.800 bits per heavy atom. The van der Waals surface area contributed by atoms with E-state index in [4.69, 9.17) is 0 Å². The second-order valence-corrected chi connectivity index (χ2v) is 5.28.